The van der Waals surface area contributed by atoms with E-state index in [4.69, 9.17) is 10.5 Å². The Labute approximate surface area is 138 Å². The minimum absolute atomic E-state index is 0. The molecule has 116 valence electrons. The molecule has 0 amide bonds. The minimum Gasteiger partial charge on any atom is -0.376 e. The molecule has 0 bridgehead atoms. The Morgan fingerprint density at radius 3 is 2.85 bits per heavy atom. The van der Waals surface area contributed by atoms with Gasteiger partial charge >= 0.3 is 0 Å². The summed E-state index contributed by atoms with van der Waals surface area (Å²) in [4.78, 5) is 7.10. The number of nitrogens with zero attached hydrogens (tertiary/aromatic N) is 2. The van der Waals surface area contributed by atoms with E-state index < -0.39 is 0 Å². The van der Waals surface area contributed by atoms with Crippen LogP contribution in [-0.2, 0) is 4.74 Å². The van der Waals surface area contributed by atoms with Crippen molar-refractivity contribution in [3.63, 3.8) is 0 Å². The third-order valence-corrected chi connectivity index (χ3v) is 4.44. The number of nitrogens with one attached hydrogen (secondary N) is 1. The number of guanidine groups is 1. The molecular formula is C14H27IN4O. The second-order valence-electron chi connectivity index (χ2n) is 6.12. The summed E-state index contributed by atoms with van der Waals surface area (Å²) in [7, 11) is 0. The van der Waals surface area contributed by atoms with Crippen LogP contribution in [0.1, 0.15) is 32.1 Å². The molecule has 1 saturated carbocycles. The van der Waals surface area contributed by atoms with Crippen molar-refractivity contribution in [2.45, 2.75) is 44.2 Å². The first-order valence-electron chi connectivity index (χ1n) is 7.70. The molecule has 2 atom stereocenters. The SMILES string of the molecule is I.NC(=NCC1CCN(C2CC2)C1)NCC1CCCO1. The van der Waals surface area contributed by atoms with Crippen LogP contribution in [0.3, 0.4) is 0 Å². The Bertz CT molecular complexity index is 329. The summed E-state index contributed by atoms with van der Waals surface area (Å²) in [6.07, 6.45) is 6.72. The van der Waals surface area contributed by atoms with Crippen LogP contribution in [0.5, 0.6) is 0 Å². The molecule has 3 N–H and O–H groups in total. The van der Waals surface area contributed by atoms with Gasteiger partial charge in [-0.15, -0.1) is 24.0 Å². The molecule has 3 rings (SSSR count). The van der Waals surface area contributed by atoms with E-state index >= 15 is 0 Å². The van der Waals surface area contributed by atoms with Gasteiger partial charge in [-0.1, -0.05) is 0 Å². The summed E-state index contributed by atoms with van der Waals surface area (Å²) >= 11 is 0. The predicted molar refractivity (Wildman–Crippen MR) is 91.6 cm³/mol. The van der Waals surface area contributed by atoms with Gasteiger partial charge in [-0.25, -0.2) is 0 Å². The lowest BCUT2D eigenvalue weighted by Crippen LogP contribution is -2.37. The van der Waals surface area contributed by atoms with Crippen LogP contribution in [0.15, 0.2) is 4.99 Å². The van der Waals surface area contributed by atoms with Gasteiger partial charge in [-0.3, -0.25) is 4.99 Å². The molecule has 0 aromatic carbocycles. The molecule has 0 radical (unpaired) electrons. The van der Waals surface area contributed by atoms with E-state index in [1.165, 1.54) is 38.8 Å². The number of halogens is 1. The number of aliphatic imine (C=N–C) groups is 1. The van der Waals surface area contributed by atoms with Gasteiger partial charge in [0, 0.05) is 32.3 Å². The molecule has 20 heavy (non-hydrogen) atoms. The van der Waals surface area contributed by atoms with E-state index in [1.54, 1.807) is 0 Å². The first-order valence-corrected chi connectivity index (χ1v) is 7.70. The van der Waals surface area contributed by atoms with Crippen molar-refractivity contribution < 1.29 is 4.74 Å². The van der Waals surface area contributed by atoms with Crippen molar-refractivity contribution in [1.82, 2.24) is 10.2 Å². The molecular weight excluding hydrogens is 367 g/mol. The fourth-order valence-corrected chi connectivity index (χ4v) is 3.09. The maximum absolute atomic E-state index is 5.91. The van der Waals surface area contributed by atoms with Crippen LogP contribution in [0.25, 0.3) is 0 Å². The summed E-state index contributed by atoms with van der Waals surface area (Å²) in [6, 6.07) is 0.893. The summed E-state index contributed by atoms with van der Waals surface area (Å²) in [5.41, 5.74) is 5.91. The normalized spacial score (nSPS) is 31.3. The Balaban J connectivity index is 0.00000147. The van der Waals surface area contributed by atoms with E-state index in [2.05, 4.69) is 15.2 Å². The van der Waals surface area contributed by atoms with Gasteiger partial charge in [0.25, 0.3) is 0 Å². The van der Waals surface area contributed by atoms with Gasteiger partial charge < -0.3 is 20.7 Å². The monoisotopic (exact) mass is 394 g/mol. The average molecular weight is 394 g/mol. The highest BCUT2D eigenvalue weighted by Gasteiger charge is 2.34. The Morgan fingerprint density at radius 2 is 2.15 bits per heavy atom. The molecule has 2 heterocycles. The van der Waals surface area contributed by atoms with E-state index in [0.717, 1.165) is 32.2 Å². The summed E-state index contributed by atoms with van der Waals surface area (Å²) < 4.78 is 5.55. The molecule has 3 fully saturated rings. The summed E-state index contributed by atoms with van der Waals surface area (Å²) in [6.45, 7) is 5.03. The zero-order chi connectivity index (χ0) is 13.1. The van der Waals surface area contributed by atoms with Gasteiger partial charge in [0.2, 0.25) is 0 Å². The third kappa shape index (κ3) is 4.73. The lowest BCUT2D eigenvalue weighted by Gasteiger charge is -2.14. The van der Waals surface area contributed by atoms with Crippen LogP contribution >= 0.6 is 24.0 Å². The van der Waals surface area contributed by atoms with Gasteiger partial charge in [-0.05, 0) is 44.6 Å². The van der Waals surface area contributed by atoms with Crippen molar-refractivity contribution in [2.75, 3.05) is 32.8 Å². The summed E-state index contributed by atoms with van der Waals surface area (Å²) in [5.74, 6) is 1.28. The number of hydrogen-bond donors (Lipinski definition) is 2. The van der Waals surface area contributed by atoms with Gasteiger partial charge in [0.15, 0.2) is 5.96 Å². The molecule has 5 nitrogen and oxygen atoms in total. The first-order chi connectivity index (χ1) is 9.31. The van der Waals surface area contributed by atoms with Crippen molar-refractivity contribution in [2.24, 2.45) is 16.6 Å². The Morgan fingerprint density at radius 1 is 1.30 bits per heavy atom. The molecule has 0 aromatic rings. The van der Waals surface area contributed by atoms with E-state index in [-0.39, 0.29) is 24.0 Å². The second-order valence-corrected chi connectivity index (χ2v) is 6.12. The smallest absolute Gasteiger partial charge is 0.188 e. The van der Waals surface area contributed by atoms with Crippen molar-refractivity contribution >= 4 is 29.9 Å². The van der Waals surface area contributed by atoms with Crippen LogP contribution in [0.2, 0.25) is 0 Å². The predicted octanol–water partition coefficient (Wildman–Crippen LogP) is 1.17. The van der Waals surface area contributed by atoms with Crippen LogP contribution < -0.4 is 11.1 Å². The average Bonchev–Trinajstić information content (AvgIpc) is 2.95. The van der Waals surface area contributed by atoms with Crippen molar-refractivity contribution in [1.29, 1.82) is 0 Å². The fourth-order valence-electron chi connectivity index (χ4n) is 3.09. The Kier molecular flexibility index (Phi) is 6.35. The Hall–Kier alpha value is -0.0800. The summed E-state index contributed by atoms with van der Waals surface area (Å²) in [5, 5.41) is 3.18. The topological polar surface area (TPSA) is 62.9 Å². The van der Waals surface area contributed by atoms with E-state index in [1.807, 2.05) is 0 Å². The second kappa shape index (κ2) is 7.79. The highest BCUT2D eigenvalue weighted by molar-refractivity contribution is 14.0. The zero-order valence-electron chi connectivity index (χ0n) is 12.1. The first kappa shape index (κ1) is 16.3. The lowest BCUT2D eigenvalue weighted by atomic mass is 10.1. The number of likely N-dealkylation sites (tertiary alicyclic amines) is 1. The highest BCUT2D eigenvalue weighted by atomic mass is 127. The van der Waals surface area contributed by atoms with E-state index in [9.17, 15) is 0 Å². The molecule has 0 spiro atoms. The maximum Gasteiger partial charge on any atom is 0.188 e. The van der Waals surface area contributed by atoms with Crippen LogP contribution in [0, 0.1) is 5.92 Å². The molecule has 0 aromatic heterocycles. The lowest BCUT2D eigenvalue weighted by molar-refractivity contribution is 0.114. The number of rotatable bonds is 5. The number of ether oxygens (including phenoxy) is 1. The highest BCUT2D eigenvalue weighted by Crippen LogP contribution is 2.31. The van der Waals surface area contributed by atoms with Crippen LogP contribution in [-0.4, -0.2) is 55.8 Å². The molecule has 1 aliphatic carbocycles. The molecule has 2 aliphatic heterocycles. The van der Waals surface area contributed by atoms with Gasteiger partial charge in [-0.2, -0.15) is 0 Å². The van der Waals surface area contributed by atoms with Crippen molar-refractivity contribution in [3.05, 3.63) is 0 Å². The maximum atomic E-state index is 5.91. The van der Waals surface area contributed by atoms with Crippen molar-refractivity contribution in [3.8, 4) is 0 Å². The van der Waals surface area contributed by atoms with Gasteiger partial charge in [0.1, 0.15) is 0 Å². The zero-order valence-corrected chi connectivity index (χ0v) is 14.4. The standard InChI is InChI=1S/C14H26N4O.HI/c15-14(17-9-13-2-1-7-19-13)16-8-11-5-6-18(10-11)12-3-4-12;/h11-13H,1-10H2,(H3,15,16,17);1H. The quantitative estimate of drug-likeness (QED) is 0.418. The van der Waals surface area contributed by atoms with E-state index in [0.29, 0.717) is 18.0 Å². The third-order valence-electron chi connectivity index (χ3n) is 4.44. The number of nitrogens with two attached hydrogens (primary N) is 1. The molecule has 6 heteroatoms. The molecule has 2 unspecified atom stereocenters. The van der Waals surface area contributed by atoms with Gasteiger partial charge in [0.05, 0.1) is 6.10 Å². The molecule has 2 saturated heterocycles. The molecule has 3 aliphatic rings. The number of hydrogen-bond acceptors (Lipinski definition) is 3. The minimum atomic E-state index is 0. The largest absolute Gasteiger partial charge is 0.376 e. The fraction of sp³-hybridized carbons (Fsp3) is 0.929. The van der Waals surface area contributed by atoms with Crippen LogP contribution in [0.4, 0.5) is 0 Å².